The minimum atomic E-state index is -3.60. The van der Waals surface area contributed by atoms with Gasteiger partial charge in [0.15, 0.2) is 9.84 Å². The lowest BCUT2D eigenvalue weighted by Gasteiger charge is -2.06. The predicted molar refractivity (Wildman–Crippen MR) is 73.2 cm³/mol. The first-order valence-electron chi connectivity index (χ1n) is 5.41. The molecule has 0 saturated heterocycles. The van der Waals surface area contributed by atoms with Gasteiger partial charge in [0, 0.05) is 5.02 Å². The molecule has 0 amide bonds. The van der Waals surface area contributed by atoms with Crippen LogP contribution in [0.2, 0.25) is 5.02 Å². The molecule has 0 aliphatic rings. The molecular weight excluding hydrogens is 289 g/mol. The third kappa shape index (κ3) is 3.24. The Bertz CT molecular complexity index is 699. The fourth-order valence-electron chi connectivity index (χ4n) is 1.58. The van der Waals surface area contributed by atoms with Crippen LogP contribution >= 0.6 is 11.6 Å². The van der Waals surface area contributed by atoms with Crippen molar-refractivity contribution in [3.63, 3.8) is 0 Å². The van der Waals surface area contributed by atoms with Crippen molar-refractivity contribution in [2.75, 3.05) is 5.73 Å². The van der Waals surface area contributed by atoms with Gasteiger partial charge in [-0.15, -0.1) is 0 Å². The van der Waals surface area contributed by atoms with Crippen molar-refractivity contribution >= 4 is 27.1 Å². The lowest BCUT2D eigenvalue weighted by Crippen LogP contribution is -2.06. The van der Waals surface area contributed by atoms with Crippen molar-refractivity contribution in [3.05, 3.63) is 58.9 Å². The molecule has 0 unspecified atom stereocenters. The van der Waals surface area contributed by atoms with Gasteiger partial charge in [-0.25, -0.2) is 12.8 Å². The zero-order valence-corrected chi connectivity index (χ0v) is 11.4. The molecule has 6 heteroatoms. The van der Waals surface area contributed by atoms with Gasteiger partial charge in [0.25, 0.3) is 0 Å². The topological polar surface area (TPSA) is 60.2 Å². The number of benzene rings is 2. The molecule has 2 aromatic rings. The quantitative estimate of drug-likeness (QED) is 0.886. The summed E-state index contributed by atoms with van der Waals surface area (Å²) in [6.07, 6.45) is 0. The molecule has 0 atom stereocenters. The second-order valence-corrected chi connectivity index (χ2v) is 6.49. The second-order valence-electron chi connectivity index (χ2n) is 4.07. The third-order valence-electron chi connectivity index (χ3n) is 2.60. The number of sulfone groups is 1. The largest absolute Gasteiger partial charge is 0.396 e. The highest BCUT2D eigenvalue weighted by Gasteiger charge is 2.16. The normalized spacial score (nSPS) is 11.5. The van der Waals surface area contributed by atoms with Crippen molar-refractivity contribution in [2.24, 2.45) is 0 Å². The molecule has 0 saturated carbocycles. The van der Waals surface area contributed by atoms with Crippen molar-refractivity contribution in [1.29, 1.82) is 0 Å². The van der Waals surface area contributed by atoms with Gasteiger partial charge in [0.05, 0.1) is 16.3 Å². The maximum atomic E-state index is 13.3. The van der Waals surface area contributed by atoms with Crippen LogP contribution in [0.3, 0.4) is 0 Å². The van der Waals surface area contributed by atoms with Crippen LogP contribution in [0.5, 0.6) is 0 Å². The molecule has 0 aliphatic heterocycles. The Hall–Kier alpha value is -1.59. The van der Waals surface area contributed by atoms with E-state index in [4.69, 9.17) is 17.3 Å². The Balaban J connectivity index is 2.32. The standard InChI is InChI=1S/C13H11ClFNO2S/c14-10-3-1-9(2-4-10)8-19(17,18)11-5-6-13(16)12(15)7-11/h1-7H,8,16H2. The van der Waals surface area contributed by atoms with Gasteiger partial charge in [-0.1, -0.05) is 23.7 Å². The highest BCUT2D eigenvalue weighted by Crippen LogP contribution is 2.21. The monoisotopic (exact) mass is 299 g/mol. The van der Waals surface area contributed by atoms with Crippen molar-refractivity contribution in [3.8, 4) is 0 Å². The fourth-order valence-corrected chi connectivity index (χ4v) is 3.07. The minimum Gasteiger partial charge on any atom is -0.396 e. The zero-order valence-electron chi connectivity index (χ0n) is 9.81. The summed E-state index contributed by atoms with van der Waals surface area (Å²) in [5.41, 5.74) is 5.82. The third-order valence-corrected chi connectivity index (χ3v) is 4.54. The fraction of sp³-hybridized carbons (Fsp3) is 0.0769. The molecule has 100 valence electrons. The molecule has 0 fully saturated rings. The summed E-state index contributed by atoms with van der Waals surface area (Å²) in [5, 5.41) is 0.527. The van der Waals surface area contributed by atoms with E-state index in [0.29, 0.717) is 10.6 Å². The van der Waals surface area contributed by atoms with Gasteiger partial charge in [-0.3, -0.25) is 0 Å². The van der Waals surface area contributed by atoms with Crippen LogP contribution in [0.4, 0.5) is 10.1 Å². The Labute approximate surface area is 115 Å². The molecule has 2 aromatic carbocycles. The van der Waals surface area contributed by atoms with Gasteiger partial charge >= 0.3 is 0 Å². The van der Waals surface area contributed by atoms with E-state index in [1.54, 1.807) is 24.3 Å². The number of anilines is 1. The molecule has 0 aromatic heterocycles. The van der Waals surface area contributed by atoms with Crippen LogP contribution in [0.15, 0.2) is 47.4 Å². The number of hydrogen-bond acceptors (Lipinski definition) is 3. The van der Waals surface area contributed by atoms with E-state index in [-0.39, 0.29) is 16.3 Å². The average molecular weight is 300 g/mol. The average Bonchev–Trinajstić information content (AvgIpc) is 2.35. The molecule has 0 heterocycles. The second kappa shape index (κ2) is 5.19. The van der Waals surface area contributed by atoms with Gasteiger partial charge in [-0.2, -0.15) is 0 Å². The van der Waals surface area contributed by atoms with E-state index >= 15 is 0 Å². The van der Waals surface area contributed by atoms with Crippen LogP contribution in [0.1, 0.15) is 5.56 Å². The number of halogens is 2. The molecular formula is C13H11ClFNO2S. The molecule has 19 heavy (non-hydrogen) atoms. The number of nitrogens with two attached hydrogens (primary N) is 1. The van der Waals surface area contributed by atoms with E-state index in [1.807, 2.05) is 0 Å². The molecule has 0 spiro atoms. The Kier molecular flexibility index (Phi) is 3.78. The minimum absolute atomic E-state index is 0.0783. The summed E-state index contributed by atoms with van der Waals surface area (Å²) < 4.78 is 37.5. The van der Waals surface area contributed by atoms with E-state index in [1.165, 1.54) is 12.1 Å². The molecule has 0 radical (unpaired) electrons. The smallest absolute Gasteiger partial charge is 0.182 e. The first-order chi connectivity index (χ1) is 8.88. The van der Waals surface area contributed by atoms with Gasteiger partial charge in [0.2, 0.25) is 0 Å². The lowest BCUT2D eigenvalue weighted by atomic mass is 10.2. The zero-order chi connectivity index (χ0) is 14.0. The lowest BCUT2D eigenvalue weighted by molar-refractivity contribution is 0.591. The van der Waals surface area contributed by atoms with E-state index in [9.17, 15) is 12.8 Å². The molecule has 3 nitrogen and oxygen atoms in total. The highest BCUT2D eigenvalue weighted by molar-refractivity contribution is 7.90. The van der Waals surface area contributed by atoms with Crippen molar-refractivity contribution in [2.45, 2.75) is 10.6 Å². The van der Waals surface area contributed by atoms with Gasteiger partial charge < -0.3 is 5.73 Å². The van der Waals surface area contributed by atoms with Crippen LogP contribution < -0.4 is 5.73 Å². The Morgan fingerprint density at radius 1 is 1.11 bits per heavy atom. The Morgan fingerprint density at radius 3 is 2.32 bits per heavy atom. The van der Waals surface area contributed by atoms with Crippen molar-refractivity contribution < 1.29 is 12.8 Å². The maximum Gasteiger partial charge on any atom is 0.182 e. The summed E-state index contributed by atoms with van der Waals surface area (Å²) in [7, 11) is -3.60. The van der Waals surface area contributed by atoms with E-state index in [2.05, 4.69) is 0 Å². The van der Waals surface area contributed by atoms with E-state index in [0.717, 1.165) is 6.07 Å². The SMILES string of the molecule is Nc1ccc(S(=O)(=O)Cc2ccc(Cl)cc2)cc1F. The summed E-state index contributed by atoms with van der Waals surface area (Å²) >= 11 is 5.73. The van der Waals surface area contributed by atoms with Crippen LogP contribution in [-0.2, 0) is 15.6 Å². The van der Waals surface area contributed by atoms with Crippen LogP contribution in [-0.4, -0.2) is 8.42 Å². The Morgan fingerprint density at radius 2 is 1.74 bits per heavy atom. The molecule has 0 bridgehead atoms. The highest BCUT2D eigenvalue weighted by atomic mass is 35.5. The van der Waals surface area contributed by atoms with Gasteiger partial charge in [-0.05, 0) is 35.9 Å². The number of rotatable bonds is 3. The summed E-state index contributed by atoms with van der Waals surface area (Å²) in [6, 6.07) is 9.92. The predicted octanol–water partition coefficient (Wildman–Crippen LogP) is 3.04. The first kappa shape index (κ1) is 13.8. The summed E-state index contributed by atoms with van der Waals surface area (Å²) in [5.74, 6) is -0.953. The number of hydrogen-bond donors (Lipinski definition) is 1. The molecule has 2 rings (SSSR count). The van der Waals surface area contributed by atoms with Crippen LogP contribution in [0, 0.1) is 5.82 Å². The van der Waals surface area contributed by atoms with Crippen LogP contribution in [0.25, 0.3) is 0 Å². The maximum absolute atomic E-state index is 13.3. The molecule has 2 N–H and O–H groups in total. The molecule has 0 aliphatic carbocycles. The summed E-state index contributed by atoms with van der Waals surface area (Å²) in [6.45, 7) is 0. The van der Waals surface area contributed by atoms with E-state index < -0.39 is 15.7 Å². The summed E-state index contributed by atoms with van der Waals surface area (Å²) in [4.78, 5) is -0.0887. The van der Waals surface area contributed by atoms with Crippen molar-refractivity contribution in [1.82, 2.24) is 0 Å². The van der Waals surface area contributed by atoms with Gasteiger partial charge in [0.1, 0.15) is 5.82 Å². The first-order valence-corrected chi connectivity index (χ1v) is 7.44. The number of nitrogen functional groups attached to an aromatic ring is 1.